The molecule has 0 amide bonds. The molecule has 0 unspecified atom stereocenters. The van der Waals surface area contributed by atoms with Crippen molar-refractivity contribution in [1.82, 2.24) is 0 Å². The number of carbonyl (C=O) groups excluding carboxylic acids is 2. The first kappa shape index (κ1) is 47.8. The van der Waals surface area contributed by atoms with Crippen molar-refractivity contribution in [1.29, 1.82) is 0 Å². The second-order valence-corrected chi connectivity index (χ2v) is 15.2. The molecule has 0 radical (unpaired) electrons. The Kier molecular flexibility index (Phi) is 35.7. The molecule has 0 saturated heterocycles. The van der Waals surface area contributed by atoms with E-state index in [1.165, 1.54) is 141 Å². The summed E-state index contributed by atoms with van der Waals surface area (Å²) in [5.41, 5.74) is 0. The van der Waals surface area contributed by atoms with E-state index in [-0.39, 0.29) is 19.4 Å². The van der Waals surface area contributed by atoms with E-state index in [1.807, 2.05) is 0 Å². The minimum absolute atomic E-state index is 0.216. The fraction of sp³-hybridized carbons (Fsp3) is 0.900. The number of rotatable bonds is 38. The van der Waals surface area contributed by atoms with Gasteiger partial charge in [-0.2, -0.15) is 0 Å². The molecule has 0 aromatic carbocycles. The van der Waals surface area contributed by atoms with Crippen LogP contribution in [0, 0.1) is 0 Å². The summed E-state index contributed by atoms with van der Waals surface area (Å²) in [6.45, 7) is 3.67. The van der Waals surface area contributed by atoms with E-state index < -0.39 is 32.5 Å². The van der Waals surface area contributed by atoms with Gasteiger partial charge in [-0.1, -0.05) is 174 Å². The number of allylic oxidation sites excluding steroid dienone is 2. The van der Waals surface area contributed by atoms with Gasteiger partial charge in [-0.15, -0.1) is 0 Å². The lowest BCUT2D eigenvalue weighted by Crippen LogP contribution is -2.29. The fourth-order valence-electron chi connectivity index (χ4n) is 5.96. The molecule has 0 saturated carbocycles. The van der Waals surface area contributed by atoms with Gasteiger partial charge < -0.3 is 19.3 Å². The SMILES string of the molecule is CCCCCCCC/C=C/CCCCCCCCCCCCCC(=O)OC[C@H](COP(=O)(O)O)OC(=O)CCCCCCCCCCCC. The maximum Gasteiger partial charge on any atom is 0.469 e. The molecule has 0 spiro atoms. The fourth-order valence-corrected chi connectivity index (χ4v) is 6.32. The Morgan fingerprint density at radius 3 is 1.24 bits per heavy atom. The molecular weight excluding hydrogens is 639 g/mol. The molecule has 0 aliphatic rings. The van der Waals surface area contributed by atoms with Gasteiger partial charge in [0.25, 0.3) is 0 Å². The molecule has 0 heterocycles. The summed E-state index contributed by atoms with van der Waals surface area (Å²) in [4.78, 5) is 42.7. The van der Waals surface area contributed by atoms with Crippen LogP contribution >= 0.6 is 7.82 Å². The molecule has 290 valence electrons. The lowest BCUT2D eigenvalue weighted by molar-refractivity contribution is -0.161. The first-order valence-electron chi connectivity index (χ1n) is 20.5. The molecule has 0 rings (SSSR count). The third-order valence-electron chi connectivity index (χ3n) is 9.03. The van der Waals surface area contributed by atoms with Crippen molar-refractivity contribution in [3.63, 3.8) is 0 Å². The first-order chi connectivity index (χ1) is 23.8. The Balaban J connectivity index is 3.81. The molecule has 0 aliphatic heterocycles. The van der Waals surface area contributed by atoms with Gasteiger partial charge in [0.05, 0.1) is 6.61 Å². The van der Waals surface area contributed by atoms with Crippen molar-refractivity contribution < 1.29 is 37.9 Å². The molecule has 0 aromatic rings. The summed E-state index contributed by atoms with van der Waals surface area (Å²) < 4.78 is 26.3. The van der Waals surface area contributed by atoms with Gasteiger partial charge in [-0.25, -0.2) is 4.57 Å². The number of carbonyl (C=O) groups is 2. The number of phosphoric ester groups is 1. The van der Waals surface area contributed by atoms with Crippen LogP contribution < -0.4 is 0 Å². The molecule has 8 nitrogen and oxygen atoms in total. The predicted octanol–water partition coefficient (Wildman–Crippen LogP) is 12.2. The number of esters is 2. The average Bonchev–Trinajstić information content (AvgIpc) is 3.07. The van der Waals surface area contributed by atoms with Crippen LogP contribution in [0.25, 0.3) is 0 Å². The summed E-state index contributed by atoms with van der Waals surface area (Å²) in [5.74, 6) is -0.878. The highest BCUT2D eigenvalue weighted by molar-refractivity contribution is 7.46. The van der Waals surface area contributed by atoms with Crippen LogP contribution in [0.2, 0.25) is 0 Å². The zero-order chi connectivity index (χ0) is 36.1. The quantitative estimate of drug-likeness (QED) is 0.0280. The number of ether oxygens (including phenoxy) is 2. The molecule has 49 heavy (non-hydrogen) atoms. The van der Waals surface area contributed by atoms with E-state index in [1.54, 1.807) is 0 Å². The molecule has 0 aliphatic carbocycles. The largest absolute Gasteiger partial charge is 0.469 e. The monoisotopic (exact) mass is 717 g/mol. The van der Waals surface area contributed by atoms with Crippen LogP contribution in [0.3, 0.4) is 0 Å². The molecule has 1 atom stereocenters. The minimum Gasteiger partial charge on any atom is -0.462 e. The van der Waals surface area contributed by atoms with Crippen LogP contribution in [-0.2, 0) is 28.2 Å². The summed E-state index contributed by atoms with van der Waals surface area (Å²) in [7, 11) is -4.74. The number of unbranched alkanes of at least 4 members (excludes halogenated alkanes) is 26. The van der Waals surface area contributed by atoms with Crippen molar-refractivity contribution in [3.8, 4) is 0 Å². The standard InChI is InChI=1S/C40H77O8P/c1-3-5-7-9-11-13-15-16-17-18-19-20-21-22-23-24-25-27-28-30-32-34-39(41)46-36-38(37-47-49(43,44)45)48-40(42)35-33-31-29-26-14-12-10-8-6-4-2/h16-17,38H,3-15,18-37H2,1-2H3,(H2,43,44,45)/b17-16+/t38-/m1/s1. The van der Waals surface area contributed by atoms with Gasteiger partial charge in [0, 0.05) is 12.8 Å². The van der Waals surface area contributed by atoms with Gasteiger partial charge in [0.1, 0.15) is 6.61 Å². The Labute approximate surface area is 301 Å². The van der Waals surface area contributed by atoms with E-state index in [2.05, 4.69) is 30.5 Å². The van der Waals surface area contributed by atoms with Crippen molar-refractivity contribution in [2.24, 2.45) is 0 Å². The second kappa shape index (κ2) is 36.6. The minimum atomic E-state index is -4.74. The van der Waals surface area contributed by atoms with Crippen molar-refractivity contribution >= 4 is 19.8 Å². The third-order valence-corrected chi connectivity index (χ3v) is 9.52. The highest BCUT2D eigenvalue weighted by atomic mass is 31.2. The van der Waals surface area contributed by atoms with Crippen molar-refractivity contribution in [3.05, 3.63) is 12.2 Å². The zero-order valence-corrected chi connectivity index (χ0v) is 32.8. The Hall–Kier alpha value is -1.21. The molecule has 9 heteroatoms. The molecule has 0 aromatic heterocycles. The number of phosphoric acid groups is 1. The summed E-state index contributed by atoms with van der Waals surface area (Å²) >= 11 is 0. The van der Waals surface area contributed by atoms with Gasteiger partial charge in [0.15, 0.2) is 6.10 Å². The highest BCUT2D eigenvalue weighted by Gasteiger charge is 2.22. The molecular formula is C40H77O8P. The maximum atomic E-state index is 12.3. The second-order valence-electron chi connectivity index (χ2n) is 14.0. The van der Waals surface area contributed by atoms with E-state index in [9.17, 15) is 14.2 Å². The van der Waals surface area contributed by atoms with E-state index in [0.717, 1.165) is 38.5 Å². The van der Waals surface area contributed by atoms with E-state index >= 15 is 0 Å². The summed E-state index contributed by atoms with van der Waals surface area (Å²) in [5, 5.41) is 0. The number of hydrogen-bond acceptors (Lipinski definition) is 6. The van der Waals surface area contributed by atoms with E-state index in [4.69, 9.17) is 19.3 Å². The van der Waals surface area contributed by atoms with Gasteiger partial charge in [-0.05, 0) is 38.5 Å². The van der Waals surface area contributed by atoms with Gasteiger partial charge in [-0.3, -0.25) is 14.1 Å². The van der Waals surface area contributed by atoms with Crippen LogP contribution in [0.5, 0.6) is 0 Å². The van der Waals surface area contributed by atoms with Crippen LogP contribution in [-0.4, -0.2) is 41.0 Å². The zero-order valence-electron chi connectivity index (χ0n) is 31.9. The van der Waals surface area contributed by atoms with Crippen LogP contribution in [0.15, 0.2) is 12.2 Å². The van der Waals surface area contributed by atoms with Crippen molar-refractivity contribution in [2.75, 3.05) is 13.2 Å². The smallest absolute Gasteiger partial charge is 0.462 e. The summed E-state index contributed by atoms with van der Waals surface area (Å²) in [6, 6.07) is 0. The van der Waals surface area contributed by atoms with Crippen LogP contribution in [0.1, 0.15) is 213 Å². The van der Waals surface area contributed by atoms with E-state index in [0.29, 0.717) is 6.42 Å². The topological polar surface area (TPSA) is 119 Å². The lowest BCUT2D eigenvalue weighted by atomic mass is 10.0. The number of hydrogen-bond donors (Lipinski definition) is 2. The molecule has 0 fully saturated rings. The van der Waals surface area contributed by atoms with Gasteiger partial charge >= 0.3 is 19.8 Å². The Morgan fingerprint density at radius 2 is 0.857 bits per heavy atom. The Morgan fingerprint density at radius 1 is 0.510 bits per heavy atom. The summed E-state index contributed by atoms with van der Waals surface area (Å²) in [6.07, 6.45) is 39.4. The average molecular weight is 717 g/mol. The van der Waals surface area contributed by atoms with Gasteiger partial charge in [0.2, 0.25) is 0 Å². The highest BCUT2D eigenvalue weighted by Crippen LogP contribution is 2.36. The third kappa shape index (κ3) is 39.4. The molecule has 0 bridgehead atoms. The normalized spacial score (nSPS) is 12.5. The Bertz CT molecular complexity index is 812. The predicted molar refractivity (Wildman–Crippen MR) is 202 cm³/mol. The maximum absolute atomic E-state index is 12.3. The van der Waals surface area contributed by atoms with Crippen LogP contribution in [0.4, 0.5) is 0 Å². The lowest BCUT2D eigenvalue weighted by Gasteiger charge is -2.18. The first-order valence-corrected chi connectivity index (χ1v) is 22.0. The van der Waals surface area contributed by atoms with Crippen molar-refractivity contribution in [2.45, 2.75) is 219 Å². The molecule has 2 N–H and O–H groups in total.